The molecule has 1 aromatic carbocycles. The third-order valence-corrected chi connectivity index (χ3v) is 2.46. The number of rotatable bonds is 2. The highest BCUT2D eigenvalue weighted by Gasteiger charge is 2.26. The lowest BCUT2D eigenvalue weighted by molar-refractivity contribution is 0.173. The highest BCUT2D eigenvalue weighted by molar-refractivity contribution is 5.50. The van der Waals surface area contributed by atoms with Crippen molar-refractivity contribution in [1.29, 1.82) is 0 Å². The molecule has 0 unspecified atom stereocenters. The van der Waals surface area contributed by atoms with E-state index in [1.165, 1.54) is 13.8 Å². The van der Waals surface area contributed by atoms with Crippen molar-refractivity contribution >= 4 is 0 Å². The van der Waals surface area contributed by atoms with Crippen LogP contribution in [0.25, 0.3) is 0 Å². The zero-order chi connectivity index (χ0) is 11.1. The van der Waals surface area contributed by atoms with Crippen LogP contribution in [0.5, 0.6) is 11.5 Å². The number of alkyl halides is 1. The quantitative estimate of drug-likeness (QED) is 0.814. The fourth-order valence-electron chi connectivity index (χ4n) is 1.71. The Morgan fingerprint density at radius 3 is 2.47 bits per heavy atom. The van der Waals surface area contributed by atoms with Crippen LogP contribution < -0.4 is 15.2 Å². The molecule has 0 radical (unpaired) electrons. The molecule has 4 heteroatoms. The topological polar surface area (TPSA) is 44.5 Å². The van der Waals surface area contributed by atoms with Gasteiger partial charge in [-0.1, -0.05) is 0 Å². The number of benzene rings is 1. The van der Waals surface area contributed by atoms with Crippen molar-refractivity contribution in [1.82, 2.24) is 0 Å². The highest BCUT2D eigenvalue weighted by Crippen LogP contribution is 2.39. The van der Waals surface area contributed by atoms with E-state index in [1.54, 1.807) is 12.1 Å². The Labute approximate surface area is 88.0 Å². The molecule has 3 nitrogen and oxygen atoms in total. The van der Waals surface area contributed by atoms with Crippen molar-refractivity contribution in [3.05, 3.63) is 23.3 Å². The van der Waals surface area contributed by atoms with Gasteiger partial charge in [-0.05, 0) is 37.1 Å². The predicted molar refractivity (Wildman–Crippen MR) is 54.6 cm³/mol. The molecule has 0 aromatic heterocycles. The van der Waals surface area contributed by atoms with Crippen LogP contribution in [0.4, 0.5) is 4.39 Å². The van der Waals surface area contributed by atoms with Crippen LogP contribution in [0, 0.1) is 0 Å². The van der Waals surface area contributed by atoms with Crippen LogP contribution in [0.15, 0.2) is 12.1 Å². The standard InChI is InChI=1S/C11H14FNO2/c1-11(2,12)8-4-10-9(14-6-15-10)3-7(8)5-13/h3-4H,5-6,13H2,1-2H3. The monoisotopic (exact) mass is 211 g/mol. The minimum Gasteiger partial charge on any atom is -0.454 e. The lowest BCUT2D eigenvalue weighted by Crippen LogP contribution is -2.14. The Morgan fingerprint density at radius 2 is 1.93 bits per heavy atom. The molecule has 15 heavy (non-hydrogen) atoms. The van der Waals surface area contributed by atoms with Gasteiger partial charge in [-0.25, -0.2) is 4.39 Å². The summed E-state index contributed by atoms with van der Waals surface area (Å²) in [6, 6.07) is 3.42. The number of nitrogens with two attached hydrogens (primary N) is 1. The van der Waals surface area contributed by atoms with Gasteiger partial charge in [0.2, 0.25) is 6.79 Å². The second kappa shape index (κ2) is 3.38. The number of hydrogen-bond acceptors (Lipinski definition) is 3. The van der Waals surface area contributed by atoms with E-state index in [0.29, 0.717) is 23.6 Å². The second-order valence-corrected chi connectivity index (χ2v) is 4.04. The van der Waals surface area contributed by atoms with Crippen molar-refractivity contribution in [3.63, 3.8) is 0 Å². The number of hydrogen-bond donors (Lipinski definition) is 1. The molecule has 0 aliphatic carbocycles. The average molecular weight is 211 g/mol. The Bertz CT molecular complexity index is 385. The average Bonchev–Trinajstić information content (AvgIpc) is 2.60. The molecule has 0 spiro atoms. The normalized spacial score (nSPS) is 14.4. The molecule has 0 fully saturated rings. The van der Waals surface area contributed by atoms with Gasteiger partial charge in [-0.2, -0.15) is 0 Å². The Balaban J connectivity index is 2.54. The van der Waals surface area contributed by atoms with Crippen LogP contribution >= 0.6 is 0 Å². The van der Waals surface area contributed by atoms with E-state index in [4.69, 9.17) is 15.2 Å². The Hall–Kier alpha value is -1.29. The summed E-state index contributed by atoms with van der Waals surface area (Å²) in [6.45, 7) is 3.49. The van der Waals surface area contributed by atoms with Crippen LogP contribution in [-0.2, 0) is 12.2 Å². The van der Waals surface area contributed by atoms with E-state index >= 15 is 0 Å². The zero-order valence-corrected chi connectivity index (χ0v) is 8.84. The molecule has 82 valence electrons. The van der Waals surface area contributed by atoms with E-state index in [2.05, 4.69) is 0 Å². The maximum atomic E-state index is 13.9. The lowest BCUT2D eigenvalue weighted by atomic mass is 9.94. The molecular weight excluding hydrogens is 197 g/mol. The van der Waals surface area contributed by atoms with Gasteiger partial charge in [0, 0.05) is 6.54 Å². The van der Waals surface area contributed by atoms with Gasteiger partial charge >= 0.3 is 0 Å². The molecule has 2 rings (SSSR count). The van der Waals surface area contributed by atoms with Crippen LogP contribution in [0.3, 0.4) is 0 Å². The maximum Gasteiger partial charge on any atom is 0.231 e. The molecular formula is C11H14FNO2. The van der Waals surface area contributed by atoms with Crippen molar-refractivity contribution in [2.75, 3.05) is 6.79 Å². The number of halogens is 1. The summed E-state index contributed by atoms with van der Waals surface area (Å²) in [5.74, 6) is 1.23. The Morgan fingerprint density at radius 1 is 1.33 bits per heavy atom. The van der Waals surface area contributed by atoms with E-state index in [9.17, 15) is 4.39 Å². The van der Waals surface area contributed by atoms with Crippen molar-refractivity contribution < 1.29 is 13.9 Å². The molecule has 0 atom stereocenters. The smallest absolute Gasteiger partial charge is 0.231 e. The molecule has 0 amide bonds. The summed E-state index contributed by atoms with van der Waals surface area (Å²) in [4.78, 5) is 0. The van der Waals surface area contributed by atoms with Gasteiger partial charge in [0.25, 0.3) is 0 Å². The van der Waals surface area contributed by atoms with E-state index in [-0.39, 0.29) is 6.79 Å². The van der Waals surface area contributed by atoms with E-state index in [1.807, 2.05) is 0 Å². The lowest BCUT2D eigenvalue weighted by Gasteiger charge is -2.19. The largest absolute Gasteiger partial charge is 0.454 e. The van der Waals surface area contributed by atoms with Gasteiger partial charge in [-0.3, -0.25) is 0 Å². The minimum absolute atomic E-state index is 0.190. The summed E-state index contributed by atoms with van der Waals surface area (Å²) >= 11 is 0. The number of fused-ring (bicyclic) bond motifs is 1. The second-order valence-electron chi connectivity index (χ2n) is 4.04. The van der Waals surface area contributed by atoms with Gasteiger partial charge in [0.15, 0.2) is 11.5 Å². The molecule has 0 saturated carbocycles. The zero-order valence-electron chi connectivity index (χ0n) is 8.84. The predicted octanol–water partition coefficient (Wildman–Crippen LogP) is 2.08. The maximum absolute atomic E-state index is 13.9. The summed E-state index contributed by atoms with van der Waals surface area (Å²) in [5.41, 5.74) is 5.48. The van der Waals surface area contributed by atoms with Crippen molar-refractivity contribution in [2.45, 2.75) is 26.1 Å². The molecule has 1 aliphatic heterocycles. The Kier molecular flexibility index (Phi) is 2.31. The van der Waals surface area contributed by atoms with Crippen LogP contribution in [0.1, 0.15) is 25.0 Å². The SMILES string of the molecule is CC(C)(F)c1cc2c(cc1CN)OCO2. The van der Waals surface area contributed by atoms with Crippen LogP contribution in [-0.4, -0.2) is 6.79 Å². The van der Waals surface area contributed by atoms with Crippen molar-refractivity contribution in [2.24, 2.45) is 5.73 Å². The summed E-state index contributed by atoms with van der Waals surface area (Å²) < 4.78 is 24.3. The molecule has 0 saturated heterocycles. The van der Waals surface area contributed by atoms with Gasteiger partial charge < -0.3 is 15.2 Å². The van der Waals surface area contributed by atoms with E-state index in [0.717, 1.165) is 5.56 Å². The van der Waals surface area contributed by atoms with E-state index < -0.39 is 5.67 Å². The molecule has 2 N–H and O–H groups in total. The summed E-state index contributed by atoms with van der Waals surface area (Å²) in [7, 11) is 0. The molecule has 1 heterocycles. The first-order valence-electron chi connectivity index (χ1n) is 4.84. The molecule has 1 aromatic rings. The van der Waals surface area contributed by atoms with Crippen molar-refractivity contribution in [3.8, 4) is 11.5 Å². The molecule has 0 bridgehead atoms. The third kappa shape index (κ3) is 1.77. The first-order chi connectivity index (χ1) is 7.02. The summed E-state index contributed by atoms with van der Waals surface area (Å²) in [6.07, 6.45) is 0. The minimum atomic E-state index is -1.42. The molecule has 1 aliphatic rings. The third-order valence-electron chi connectivity index (χ3n) is 2.46. The fourth-order valence-corrected chi connectivity index (χ4v) is 1.71. The van der Waals surface area contributed by atoms with Gasteiger partial charge in [0.1, 0.15) is 5.67 Å². The number of ether oxygens (including phenoxy) is 2. The van der Waals surface area contributed by atoms with Gasteiger partial charge in [-0.15, -0.1) is 0 Å². The van der Waals surface area contributed by atoms with Gasteiger partial charge in [0.05, 0.1) is 0 Å². The summed E-state index contributed by atoms with van der Waals surface area (Å²) in [5, 5.41) is 0. The van der Waals surface area contributed by atoms with Crippen LogP contribution in [0.2, 0.25) is 0 Å². The first kappa shape index (κ1) is 10.2. The highest BCUT2D eigenvalue weighted by atomic mass is 19.1. The fraction of sp³-hybridized carbons (Fsp3) is 0.455. The first-order valence-corrected chi connectivity index (χ1v) is 4.84.